The molecule has 2 aliphatic carbocycles. The van der Waals surface area contributed by atoms with Gasteiger partial charge in [-0.1, -0.05) is 0 Å². The lowest BCUT2D eigenvalue weighted by molar-refractivity contribution is 0.0454. The summed E-state index contributed by atoms with van der Waals surface area (Å²) in [6.07, 6.45) is 12.1. The van der Waals surface area contributed by atoms with Gasteiger partial charge in [0.1, 0.15) is 112 Å². The molecule has 0 bridgehead atoms. The van der Waals surface area contributed by atoms with Crippen molar-refractivity contribution >= 4 is 52.2 Å². The number of nitrogens with two attached hydrogens (primary N) is 3. The van der Waals surface area contributed by atoms with Gasteiger partial charge in [0, 0.05) is 95.5 Å². The molecule has 12 rings (SSSR count). The quantitative estimate of drug-likeness (QED) is 0.0742. The number of aromatic nitrogens is 12. The van der Waals surface area contributed by atoms with E-state index in [1.807, 2.05) is 54.4 Å². The maximum absolute atomic E-state index is 14.4. The van der Waals surface area contributed by atoms with Gasteiger partial charge >= 0.3 is 6.09 Å². The summed E-state index contributed by atoms with van der Waals surface area (Å²) in [6, 6.07) is 23.3. The van der Waals surface area contributed by atoms with Crippen LogP contribution in [-0.4, -0.2) is 83.2 Å². The van der Waals surface area contributed by atoms with E-state index in [1.165, 1.54) is 36.9 Å². The molecule has 0 saturated heterocycles. The number of anilines is 2. The largest absolute Gasteiger partial charge is 0.489 e. The lowest BCUT2D eigenvalue weighted by atomic mass is 9.87. The second-order valence-electron chi connectivity index (χ2n) is 21.2. The standard InChI is InChI=1S/C32H33FN8O4.C27H25FN8O2.ClH/c1-18-35-14-19(15-36-18)16-43-25-9-21(33)10-26(13-25)44-24-7-5-20(6-8-24)28-27-29(34)37-17-38-30(27)41(40-28)23-11-22(12-23)39-31(42)45-32(2,3)4;1-15-31-11-16(12-32-15)13-37-22-6-18(28)7-23(10-22)38-21-4-2-17(3-5-21)25-24-26(30)33-14-34-27(24)36(35-25)20-8-19(29)9-20;/h5-10,13-15,17,22-23H,11-12,16H2,1-4H3,(H,39,42)(H2,34,37,38);2-7,10-12,14,19-20H,8-9,13,29H2,1H3,(H2,30,33,34);1H. The number of hydrogen-bond donors (Lipinski definition) is 4. The number of amides is 1. The maximum atomic E-state index is 14.4. The second-order valence-corrected chi connectivity index (χ2v) is 21.2. The Morgan fingerprint density at radius 3 is 1.39 bits per heavy atom. The molecular formula is C59H59ClF2N16O6. The van der Waals surface area contributed by atoms with Crippen LogP contribution in [0.25, 0.3) is 44.6 Å². The SMILES string of the molecule is Cc1ncc(COc2cc(F)cc(Oc3ccc(-c4nn(C5CC(N)C5)c5ncnc(N)c45)cc3)c2)cn1.Cc1ncc(COc2cc(F)cc(Oc3ccc(-c4nn(C5CC(NC(=O)OC(C)(C)C)C5)c5ncnc(N)c45)cc3)c2)cn1.Cl. The number of fused-ring (bicyclic) bond motifs is 2. The monoisotopic (exact) mass is 1160 g/mol. The Morgan fingerprint density at radius 2 is 0.988 bits per heavy atom. The van der Waals surface area contributed by atoms with Crippen LogP contribution in [0, 0.1) is 25.5 Å². The Balaban J connectivity index is 0.000000187. The minimum atomic E-state index is -0.567. The van der Waals surface area contributed by atoms with Crippen molar-refractivity contribution in [2.24, 2.45) is 5.73 Å². The van der Waals surface area contributed by atoms with Crippen LogP contribution in [0.3, 0.4) is 0 Å². The van der Waals surface area contributed by atoms with Crippen LogP contribution >= 0.6 is 12.4 Å². The van der Waals surface area contributed by atoms with Gasteiger partial charge in [0.05, 0.1) is 22.9 Å². The van der Waals surface area contributed by atoms with Gasteiger partial charge in [-0.05, 0) is 109 Å². The molecular weight excluding hydrogens is 1100 g/mol. The zero-order chi connectivity index (χ0) is 57.9. The van der Waals surface area contributed by atoms with E-state index in [0.717, 1.165) is 35.1 Å². The summed E-state index contributed by atoms with van der Waals surface area (Å²) in [5.41, 5.74) is 23.7. The van der Waals surface area contributed by atoms with E-state index in [-0.39, 0.29) is 55.5 Å². The molecule has 0 unspecified atom stereocenters. The molecule has 10 aromatic rings. The molecule has 2 saturated carbocycles. The highest BCUT2D eigenvalue weighted by atomic mass is 35.5. The first kappa shape index (κ1) is 57.6. The number of carbonyl (C=O) groups is 1. The highest BCUT2D eigenvalue weighted by molar-refractivity contribution is 5.99. The van der Waals surface area contributed by atoms with Crippen LogP contribution in [0.4, 0.5) is 25.2 Å². The van der Waals surface area contributed by atoms with Crippen LogP contribution in [0.2, 0.25) is 0 Å². The minimum Gasteiger partial charge on any atom is -0.489 e. The summed E-state index contributed by atoms with van der Waals surface area (Å²) in [6.45, 7) is 9.48. The number of rotatable bonds is 15. The topological polar surface area (TPSA) is 292 Å². The summed E-state index contributed by atoms with van der Waals surface area (Å²) < 4.78 is 61.1. The molecule has 1 amide bonds. The predicted molar refractivity (Wildman–Crippen MR) is 310 cm³/mol. The number of alkyl carbamates (subject to hydrolysis) is 1. The number of halogens is 3. The van der Waals surface area contributed by atoms with E-state index < -0.39 is 23.3 Å². The van der Waals surface area contributed by atoms with Gasteiger partial charge in [0.25, 0.3) is 0 Å². The second kappa shape index (κ2) is 24.4. The fourth-order valence-electron chi connectivity index (χ4n) is 9.43. The first-order valence-electron chi connectivity index (χ1n) is 26.6. The van der Waals surface area contributed by atoms with Crippen LogP contribution in [0.5, 0.6) is 34.5 Å². The third-order valence-electron chi connectivity index (χ3n) is 13.6. The average Bonchev–Trinajstić information content (AvgIpc) is 3.32. The Labute approximate surface area is 486 Å². The number of aryl methyl sites for hydroxylation is 2. The first-order valence-corrected chi connectivity index (χ1v) is 26.6. The number of hydrogen-bond acceptors (Lipinski definition) is 19. The molecule has 2 aliphatic rings. The lowest BCUT2D eigenvalue weighted by Gasteiger charge is -2.36. The minimum absolute atomic E-state index is 0. The van der Waals surface area contributed by atoms with Gasteiger partial charge < -0.3 is 46.2 Å². The van der Waals surface area contributed by atoms with E-state index in [4.69, 9.17) is 51.1 Å². The Hall–Kier alpha value is -9.68. The molecule has 6 aromatic heterocycles. The smallest absolute Gasteiger partial charge is 0.407 e. The van der Waals surface area contributed by atoms with E-state index in [0.29, 0.717) is 98.3 Å². The zero-order valence-corrected chi connectivity index (χ0v) is 47.1. The van der Waals surface area contributed by atoms with E-state index >= 15 is 0 Å². The molecule has 2 fully saturated rings. The molecule has 25 heteroatoms. The maximum Gasteiger partial charge on any atom is 0.407 e. The summed E-state index contributed by atoms with van der Waals surface area (Å²) >= 11 is 0. The van der Waals surface area contributed by atoms with Crippen LogP contribution in [-0.2, 0) is 18.0 Å². The number of benzene rings is 4. The zero-order valence-electron chi connectivity index (χ0n) is 46.3. The first-order chi connectivity index (χ1) is 39.9. The third kappa shape index (κ3) is 13.5. The summed E-state index contributed by atoms with van der Waals surface area (Å²) in [5, 5.41) is 14.0. The molecule has 0 radical (unpaired) electrons. The molecule has 432 valence electrons. The molecule has 0 atom stereocenters. The number of nitrogens with zero attached hydrogens (tertiary/aromatic N) is 12. The van der Waals surface area contributed by atoms with Crippen molar-refractivity contribution in [3.63, 3.8) is 0 Å². The fourth-order valence-corrected chi connectivity index (χ4v) is 9.43. The molecule has 0 spiro atoms. The van der Waals surface area contributed by atoms with Crippen LogP contribution in [0.1, 0.15) is 81.3 Å². The highest BCUT2D eigenvalue weighted by Gasteiger charge is 2.36. The normalized spacial score (nSPS) is 16.3. The van der Waals surface area contributed by atoms with Gasteiger partial charge in [-0.2, -0.15) is 10.2 Å². The predicted octanol–water partition coefficient (Wildman–Crippen LogP) is 10.7. The van der Waals surface area contributed by atoms with Crippen molar-refractivity contribution in [3.8, 4) is 57.0 Å². The van der Waals surface area contributed by atoms with Gasteiger partial charge in [-0.3, -0.25) is 0 Å². The Morgan fingerprint density at radius 1 is 0.583 bits per heavy atom. The van der Waals surface area contributed by atoms with Crippen molar-refractivity contribution < 1.29 is 37.3 Å². The summed E-state index contributed by atoms with van der Waals surface area (Å²) in [5.74, 6) is 3.29. The fraction of sp³-hybridized carbons (Fsp3) is 0.271. The molecule has 0 aliphatic heterocycles. The molecule has 7 N–H and O–H groups in total. The molecule has 84 heavy (non-hydrogen) atoms. The van der Waals surface area contributed by atoms with Gasteiger partial charge in [-0.25, -0.2) is 62.8 Å². The van der Waals surface area contributed by atoms with Crippen molar-refractivity contribution in [2.75, 3.05) is 11.5 Å². The van der Waals surface area contributed by atoms with Crippen LogP contribution < -0.4 is 41.5 Å². The number of nitrogen functional groups attached to an aromatic ring is 2. The molecule has 6 heterocycles. The number of nitrogens with one attached hydrogen (secondary N) is 1. The Kier molecular flexibility index (Phi) is 16.7. The van der Waals surface area contributed by atoms with Crippen LogP contribution in [0.15, 0.2) is 122 Å². The van der Waals surface area contributed by atoms with Crippen molar-refractivity contribution in [1.82, 2.24) is 64.7 Å². The Bertz CT molecular complexity index is 3950. The van der Waals surface area contributed by atoms with Crippen molar-refractivity contribution in [2.45, 2.75) is 103 Å². The summed E-state index contributed by atoms with van der Waals surface area (Å²) in [4.78, 5) is 46.0. The average molecular weight is 1160 g/mol. The number of carbonyl (C=O) groups excluding carboxylic acids is 1. The number of ether oxygens (including phenoxy) is 5. The highest BCUT2D eigenvalue weighted by Crippen LogP contribution is 2.41. The summed E-state index contributed by atoms with van der Waals surface area (Å²) in [7, 11) is 0. The lowest BCUT2D eigenvalue weighted by Crippen LogP contribution is -2.46. The van der Waals surface area contributed by atoms with Gasteiger partial charge in [-0.15, -0.1) is 12.4 Å². The van der Waals surface area contributed by atoms with Gasteiger partial charge in [0.15, 0.2) is 11.3 Å². The van der Waals surface area contributed by atoms with E-state index in [2.05, 4.69) is 45.2 Å². The van der Waals surface area contributed by atoms with Crippen molar-refractivity contribution in [1.29, 1.82) is 0 Å². The molecule has 22 nitrogen and oxygen atoms in total. The van der Waals surface area contributed by atoms with Crippen molar-refractivity contribution in [3.05, 3.63) is 157 Å². The van der Waals surface area contributed by atoms with E-state index in [1.54, 1.807) is 75.0 Å². The van der Waals surface area contributed by atoms with Gasteiger partial charge in [0.2, 0.25) is 0 Å². The molecule has 4 aromatic carbocycles. The third-order valence-corrected chi connectivity index (χ3v) is 13.6. The van der Waals surface area contributed by atoms with E-state index in [9.17, 15) is 13.6 Å².